The van der Waals surface area contributed by atoms with Gasteiger partial charge in [-0.05, 0) is 62.4 Å². The van der Waals surface area contributed by atoms with Crippen LogP contribution in [0.25, 0.3) is 11.0 Å². The summed E-state index contributed by atoms with van der Waals surface area (Å²) in [5.74, 6) is -0.0522. The second-order valence-corrected chi connectivity index (χ2v) is 6.72. The zero-order valence-corrected chi connectivity index (χ0v) is 14.5. The molecule has 1 aromatic heterocycles. The van der Waals surface area contributed by atoms with E-state index in [1.165, 1.54) is 11.1 Å². The number of hydrogen-bond acceptors (Lipinski definition) is 3. The van der Waals surface area contributed by atoms with Crippen LogP contribution in [0.3, 0.4) is 0 Å². The Hall–Kier alpha value is -2.75. The maximum Gasteiger partial charge on any atom is 0.251 e. The topological polar surface area (TPSA) is 54.9 Å². The molecule has 4 rings (SSSR count). The Balaban J connectivity index is 1.62. The highest BCUT2D eigenvalue weighted by atomic mass is 16.1. The average molecular weight is 331 g/mol. The Morgan fingerprint density at radius 1 is 1.04 bits per heavy atom. The monoisotopic (exact) mass is 331 g/mol. The van der Waals surface area contributed by atoms with Crippen LogP contribution >= 0.6 is 0 Å². The summed E-state index contributed by atoms with van der Waals surface area (Å²) in [5, 5.41) is 3.19. The molecule has 3 aromatic rings. The van der Waals surface area contributed by atoms with E-state index in [2.05, 4.69) is 33.5 Å². The van der Waals surface area contributed by atoms with Crippen molar-refractivity contribution in [3.05, 3.63) is 70.5 Å². The fraction of sp³-hybridized carbons (Fsp3) is 0.286. The maximum atomic E-state index is 12.8. The highest BCUT2D eigenvalue weighted by Crippen LogP contribution is 2.29. The molecule has 0 unspecified atom stereocenters. The van der Waals surface area contributed by atoms with E-state index >= 15 is 0 Å². The van der Waals surface area contributed by atoms with Crippen LogP contribution in [0.15, 0.2) is 42.5 Å². The van der Waals surface area contributed by atoms with Crippen molar-refractivity contribution in [2.24, 2.45) is 0 Å². The van der Waals surface area contributed by atoms with E-state index in [4.69, 9.17) is 0 Å². The molecule has 0 radical (unpaired) electrons. The minimum atomic E-state index is -0.0522. The highest BCUT2D eigenvalue weighted by molar-refractivity contribution is 5.97. The van der Waals surface area contributed by atoms with E-state index in [1.807, 2.05) is 38.1 Å². The van der Waals surface area contributed by atoms with Crippen LogP contribution in [0.2, 0.25) is 0 Å². The summed E-state index contributed by atoms with van der Waals surface area (Å²) in [6.45, 7) is 3.89. The Morgan fingerprint density at radius 2 is 1.80 bits per heavy atom. The number of nitrogens with zero attached hydrogens (tertiary/aromatic N) is 2. The SMILES string of the molecule is Cc1nc2ccc(C(=O)N[C@@H]3CCCc4ccccc43)cc2nc1C. The first-order chi connectivity index (χ1) is 12.1. The molecule has 0 bridgehead atoms. The van der Waals surface area contributed by atoms with Crippen LogP contribution in [0.4, 0.5) is 0 Å². The van der Waals surface area contributed by atoms with Crippen LogP contribution in [-0.4, -0.2) is 15.9 Å². The number of carbonyl (C=O) groups is 1. The first-order valence-corrected chi connectivity index (χ1v) is 8.75. The van der Waals surface area contributed by atoms with Gasteiger partial charge >= 0.3 is 0 Å². The Morgan fingerprint density at radius 3 is 2.64 bits per heavy atom. The molecule has 0 fully saturated rings. The zero-order valence-electron chi connectivity index (χ0n) is 14.5. The van der Waals surface area contributed by atoms with Gasteiger partial charge in [-0.15, -0.1) is 0 Å². The van der Waals surface area contributed by atoms with Crippen LogP contribution in [0, 0.1) is 13.8 Å². The molecule has 1 aliphatic carbocycles. The second kappa shape index (κ2) is 6.28. The lowest BCUT2D eigenvalue weighted by Gasteiger charge is -2.26. The molecule has 25 heavy (non-hydrogen) atoms. The van der Waals surface area contributed by atoms with Crippen molar-refractivity contribution < 1.29 is 4.79 Å². The molecule has 4 heteroatoms. The zero-order chi connectivity index (χ0) is 17.4. The third-order valence-electron chi connectivity index (χ3n) is 5.01. The molecule has 0 spiro atoms. The molecule has 1 heterocycles. The second-order valence-electron chi connectivity index (χ2n) is 6.72. The summed E-state index contributed by atoms with van der Waals surface area (Å²) >= 11 is 0. The minimum Gasteiger partial charge on any atom is -0.345 e. The molecule has 1 N–H and O–H groups in total. The number of rotatable bonds is 2. The number of aromatic nitrogens is 2. The molecule has 1 amide bonds. The maximum absolute atomic E-state index is 12.8. The minimum absolute atomic E-state index is 0.0522. The quantitative estimate of drug-likeness (QED) is 0.770. The van der Waals surface area contributed by atoms with E-state index in [1.54, 1.807) is 0 Å². The number of benzene rings is 2. The van der Waals surface area contributed by atoms with E-state index in [0.29, 0.717) is 5.56 Å². The number of carbonyl (C=O) groups excluding carboxylic acids is 1. The Bertz CT molecular complexity index is 965. The molecule has 126 valence electrons. The standard InChI is InChI=1S/C21H21N3O/c1-13-14(2)23-20-12-16(10-11-19(20)22-13)21(25)24-18-9-5-7-15-6-3-4-8-17(15)18/h3-4,6,8,10-12,18H,5,7,9H2,1-2H3,(H,24,25)/t18-/m1/s1. The molecule has 1 atom stereocenters. The van der Waals surface area contributed by atoms with Crippen molar-refractivity contribution in [1.29, 1.82) is 0 Å². The van der Waals surface area contributed by atoms with Gasteiger partial charge in [-0.1, -0.05) is 24.3 Å². The van der Waals surface area contributed by atoms with Gasteiger partial charge in [0.2, 0.25) is 0 Å². The molecular weight excluding hydrogens is 310 g/mol. The van der Waals surface area contributed by atoms with Gasteiger partial charge in [0.15, 0.2) is 0 Å². The van der Waals surface area contributed by atoms with Gasteiger partial charge in [0, 0.05) is 5.56 Å². The lowest BCUT2D eigenvalue weighted by Crippen LogP contribution is -2.30. The average Bonchev–Trinajstić information content (AvgIpc) is 2.62. The number of aryl methyl sites for hydroxylation is 3. The van der Waals surface area contributed by atoms with Crippen molar-refractivity contribution >= 4 is 16.9 Å². The van der Waals surface area contributed by atoms with Crippen LogP contribution in [0.1, 0.15) is 51.8 Å². The number of nitrogens with one attached hydrogen (secondary N) is 1. The van der Waals surface area contributed by atoms with Crippen molar-refractivity contribution in [3.8, 4) is 0 Å². The third-order valence-corrected chi connectivity index (χ3v) is 5.01. The number of fused-ring (bicyclic) bond motifs is 2. The van der Waals surface area contributed by atoms with E-state index in [0.717, 1.165) is 41.7 Å². The van der Waals surface area contributed by atoms with E-state index in [9.17, 15) is 4.79 Å². The summed E-state index contributed by atoms with van der Waals surface area (Å²) in [6.07, 6.45) is 3.17. The van der Waals surface area contributed by atoms with Gasteiger partial charge in [-0.3, -0.25) is 4.79 Å². The summed E-state index contributed by atoms with van der Waals surface area (Å²) in [6, 6.07) is 14.0. The summed E-state index contributed by atoms with van der Waals surface area (Å²) in [7, 11) is 0. The molecule has 0 aliphatic heterocycles. The first kappa shape index (κ1) is 15.8. The molecular formula is C21H21N3O. The molecule has 4 nitrogen and oxygen atoms in total. The van der Waals surface area contributed by atoms with Gasteiger partial charge in [0.05, 0.1) is 28.5 Å². The van der Waals surface area contributed by atoms with Crippen LogP contribution in [0.5, 0.6) is 0 Å². The Kier molecular flexibility index (Phi) is 3.96. The molecule has 0 saturated heterocycles. The van der Waals surface area contributed by atoms with Gasteiger partial charge in [-0.2, -0.15) is 0 Å². The van der Waals surface area contributed by atoms with Gasteiger partial charge in [-0.25, -0.2) is 9.97 Å². The molecule has 2 aromatic carbocycles. The highest BCUT2D eigenvalue weighted by Gasteiger charge is 2.22. The van der Waals surface area contributed by atoms with Crippen molar-refractivity contribution in [3.63, 3.8) is 0 Å². The van der Waals surface area contributed by atoms with Crippen LogP contribution in [-0.2, 0) is 6.42 Å². The fourth-order valence-corrected chi connectivity index (χ4v) is 3.52. The van der Waals surface area contributed by atoms with Crippen molar-refractivity contribution in [2.45, 2.75) is 39.2 Å². The van der Waals surface area contributed by atoms with Crippen LogP contribution < -0.4 is 5.32 Å². The van der Waals surface area contributed by atoms with E-state index in [-0.39, 0.29) is 11.9 Å². The number of amides is 1. The van der Waals surface area contributed by atoms with Crippen molar-refractivity contribution in [1.82, 2.24) is 15.3 Å². The predicted molar refractivity (Wildman–Crippen MR) is 98.6 cm³/mol. The smallest absolute Gasteiger partial charge is 0.251 e. The van der Waals surface area contributed by atoms with Crippen molar-refractivity contribution in [2.75, 3.05) is 0 Å². The summed E-state index contributed by atoms with van der Waals surface area (Å²) in [4.78, 5) is 21.8. The Labute approximate surface area is 147 Å². The van der Waals surface area contributed by atoms with Gasteiger partial charge in [0.1, 0.15) is 0 Å². The summed E-state index contributed by atoms with van der Waals surface area (Å²) in [5.41, 5.74) is 6.62. The first-order valence-electron chi connectivity index (χ1n) is 8.75. The summed E-state index contributed by atoms with van der Waals surface area (Å²) < 4.78 is 0. The van der Waals surface area contributed by atoms with Gasteiger partial charge < -0.3 is 5.32 Å². The third kappa shape index (κ3) is 3.00. The lowest BCUT2D eigenvalue weighted by molar-refractivity contribution is 0.0933. The predicted octanol–water partition coefficient (Wildman–Crippen LogP) is 4.05. The molecule has 0 saturated carbocycles. The van der Waals surface area contributed by atoms with Gasteiger partial charge in [0.25, 0.3) is 5.91 Å². The normalized spacial score (nSPS) is 16.5. The largest absolute Gasteiger partial charge is 0.345 e. The number of hydrogen-bond donors (Lipinski definition) is 1. The fourth-order valence-electron chi connectivity index (χ4n) is 3.52. The lowest BCUT2D eigenvalue weighted by atomic mass is 9.87. The molecule has 1 aliphatic rings. The van der Waals surface area contributed by atoms with E-state index < -0.39 is 0 Å².